The Morgan fingerprint density at radius 2 is 0.870 bits per heavy atom. The van der Waals surface area contributed by atoms with Gasteiger partial charge in [-0.1, -0.05) is 170 Å². The normalized spacial score (nSPS) is 11.8. The molecule has 0 atom stereocenters. The molecule has 322 valence electrons. The van der Waals surface area contributed by atoms with E-state index in [0.717, 1.165) is 110 Å². The molecule has 69 heavy (non-hydrogen) atoms. The van der Waals surface area contributed by atoms with Gasteiger partial charge in [-0.25, -0.2) is 15.0 Å². The van der Waals surface area contributed by atoms with Crippen LogP contribution in [0.4, 0.5) is 0 Å². The van der Waals surface area contributed by atoms with Crippen molar-refractivity contribution in [3.63, 3.8) is 0 Å². The zero-order chi connectivity index (χ0) is 45.4. The van der Waals surface area contributed by atoms with Gasteiger partial charge in [-0.05, 0) is 65.7 Å². The smallest absolute Gasteiger partial charge is 0.238 e. The van der Waals surface area contributed by atoms with Gasteiger partial charge in [-0.3, -0.25) is 9.13 Å². The first-order valence-corrected chi connectivity index (χ1v) is 23.0. The van der Waals surface area contributed by atoms with Crippen molar-refractivity contribution in [1.82, 2.24) is 34.1 Å². The SMILES string of the molecule is c1ccc(-c2nc(-c3cccc4oc5ccccc5c34)nc(-n3c4ccccc4c4cc(-c5ccc6c(c5)c5c(-c7ccccc7)nc(-c7ccccc7)nc5n6-c5ccccc5)ccc43)n2)cc1. The topological polar surface area (TPSA) is 87.5 Å². The quantitative estimate of drug-likeness (QED) is 0.158. The summed E-state index contributed by atoms with van der Waals surface area (Å²) in [6.45, 7) is 0. The number of nitrogens with zero attached hydrogens (tertiary/aromatic N) is 7. The third-order valence-corrected chi connectivity index (χ3v) is 13.2. The van der Waals surface area contributed by atoms with E-state index in [4.69, 9.17) is 29.3 Å². The van der Waals surface area contributed by atoms with Gasteiger partial charge in [0.2, 0.25) is 5.95 Å². The molecule has 0 saturated carbocycles. The zero-order valence-corrected chi connectivity index (χ0v) is 36.9. The Labute approximate surface area is 395 Å². The molecule has 14 aromatic rings. The number of hydrogen-bond acceptors (Lipinski definition) is 6. The molecule has 0 radical (unpaired) electrons. The van der Waals surface area contributed by atoms with Crippen LogP contribution in [0.5, 0.6) is 0 Å². The number of aromatic nitrogens is 7. The summed E-state index contributed by atoms with van der Waals surface area (Å²) in [6.07, 6.45) is 0. The Hall–Kier alpha value is -9.53. The van der Waals surface area contributed by atoms with Crippen molar-refractivity contribution in [2.45, 2.75) is 0 Å². The summed E-state index contributed by atoms with van der Waals surface area (Å²) >= 11 is 0. The molecule has 0 N–H and O–H groups in total. The Balaban J connectivity index is 0.986. The van der Waals surface area contributed by atoms with Gasteiger partial charge in [0.15, 0.2) is 17.5 Å². The highest BCUT2D eigenvalue weighted by atomic mass is 16.3. The largest absolute Gasteiger partial charge is 0.456 e. The Bertz CT molecular complexity index is 4290. The van der Waals surface area contributed by atoms with Gasteiger partial charge in [0.1, 0.15) is 16.8 Å². The molecule has 0 saturated heterocycles. The van der Waals surface area contributed by atoms with E-state index in [1.165, 1.54) is 0 Å². The molecule has 8 nitrogen and oxygen atoms in total. The standard InChI is InChI=1S/C61H37N7O/c1-5-18-38(19-6-1)56-55-48-37-42(33-35-51(48)67(43-24-11-4-12-25-43)60(55)64-57(62-56)39-20-7-2-8-21-39)41-32-34-50-47(36-41)44-26-13-15-29-49(44)68(50)61-65-58(40-22-9-3-10-23-40)63-59(66-61)46-28-17-31-53-54(46)45-27-14-16-30-52(45)69-53/h1-37H. The molecule has 9 aromatic carbocycles. The van der Waals surface area contributed by atoms with Crippen LogP contribution < -0.4 is 0 Å². The molecule has 0 spiro atoms. The highest BCUT2D eigenvalue weighted by Gasteiger charge is 2.24. The van der Waals surface area contributed by atoms with Crippen molar-refractivity contribution in [1.29, 1.82) is 0 Å². The van der Waals surface area contributed by atoms with Gasteiger partial charge in [-0.15, -0.1) is 0 Å². The predicted molar refractivity (Wildman–Crippen MR) is 279 cm³/mol. The lowest BCUT2D eigenvalue weighted by molar-refractivity contribution is 0.669. The summed E-state index contributed by atoms with van der Waals surface area (Å²) in [5.41, 5.74) is 13.3. The van der Waals surface area contributed by atoms with Crippen LogP contribution in [0, 0.1) is 0 Å². The van der Waals surface area contributed by atoms with Crippen molar-refractivity contribution in [3.05, 3.63) is 224 Å². The average molecular weight is 884 g/mol. The third-order valence-electron chi connectivity index (χ3n) is 13.2. The number of benzene rings is 9. The monoisotopic (exact) mass is 883 g/mol. The van der Waals surface area contributed by atoms with E-state index in [0.29, 0.717) is 23.4 Å². The number of rotatable bonds is 7. The van der Waals surface area contributed by atoms with Crippen molar-refractivity contribution >= 4 is 65.7 Å². The van der Waals surface area contributed by atoms with Crippen LogP contribution in [0.2, 0.25) is 0 Å². The molecule has 5 heterocycles. The van der Waals surface area contributed by atoms with Crippen LogP contribution in [0.1, 0.15) is 0 Å². The molecule has 0 amide bonds. The number of furan rings is 1. The minimum Gasteiger partial charge on any atom is -0.456 e. The summed E-state index contributed by atoms with van der Waals surface area (Å²) in [5, 5.41) is 6.23. The molecular formula is C61H37N7O. The van der Waals surface area contributed by atoms with Gasteiger partial charge < -0.3 is 4.42 Å². The average Bonchev–Trinajstić information content (AvgIpc) is 4.09. The molecule has 8 heteroatoms. The lowest BCUT2D eigenvalue weighted by Crippen LogP contribution is -2.06. The third kappa shape index (κ3) is 6.27. The van der Waals surface area contributed by atoms with Gasteiger partial charge in [0.05, 0.1) is 27.6 Å². The molecule has 14 rings (SSSR count). The number of hydrogen-bond donors (Lipinski definition) is 0. The molecule has 0 unspecified atom stereocenters. The fraction of sp³-hybridized carbons (Fsp3) is 0. The molecule has 0 bridgehead atoms. The van der Waals surface area contributed by atoms with Crippen LogP contribution in [-0.2, 0) is 0 Å². The van der Waals surface area contributed by atoms with Gasteiger partial charge >= 0.3 is 0 Å². The first-order valence-electron chi connectivity index (χ1n) is 23.0. The van der Waals surface area contributed by atoms with E-state index >= 15 is 0 Å². The summed E-state index contributed by atoms with van der Waals surface area (Å²) in [4.78, 5) is 26.4. The minimum absolute atomic E-state index is 0.529. The predicted octanol–water partition coefficient (Wildman–Crippen LogP) is 15.1. The lowest BCUT2D eigenvalue weighted by atomic mass is 9.99. The van der Waals surface area contributed by atoms with Gasteiger partial charge in [0.25, 0.3) is 0 Å². The second-order valence-corrected chi connectivity index (χ2v) is 17.2. The Morgan fingerprint density at radius 3 is 1.59 bits per heavy atom. The molecule has 0 aliphatic rings. The van der Waals surface area contributed by atoms with Crippen LogP contribution in [-0.4, -0.2) is 34.1 Å². The first-order chi connectivity index (χ1) is 34.2. The summed E-state index contributed by atoms with van der Waals surface area (Å²) in [7, 11) is 0. The van der Waals surface area contributed by atoms with Crippen molar-refractivity contribution < 1.29 is 4.42 Å². The summed E-state index contributed by atoms with van der Waals surface area (Å²) < 4.78 is 10.8. The van der Waals surface area contributed by atoms with E-state index in [1.807, 2.05) is 91.0 Å². The Morgan fingerprint density at radius 1 is 0.319 bits per heavy atom. The van der Waals surface area contributed by atoms with Crippen LogP contribution in [0.3, 0.4) is 0 Å². The van der Waals surface area contributed by atoms with E-state index in [9.17, 15) is 0 Å². The molecule has 0 aliphatic heterocycles. The van der Waals surface area contributed by atoms with Gasteiger partial charge in [-0.2, -0.15) is 9.97 Å². The van der Waals surface area contributed by atoms with E-state index in [1.54, 1.807) is 0 Å². The van der Waals surface area contributed by atoms with E-state index in [-0.39, 0.29) is 0 Å². The van der Waals surface area contributed by atoms with Crippen LogP contribution in [0.25, 0.3) is 134 Å². The molecule has 0 aliphatic carbocycles. The van der Waals surface area contributed by atoms with E-state index in [2.05, 4.69) is 143 Å². The minimum atomic E-state index is 0.529. The van der Waals surface area contributed by atoms with E-state index < -0.39 is 0 Å². The van der Waals surface area contributed by atoms with Crippen molar-refractivity contribution in [2.24, 2.45) is 0 Å². The van der Waals surface area contributed by atoms with Crippen molar-refractivity contribution in [2.75, 3.05) is 0 Å². The maximum atomic E-state index is 6.32. The maximum Gasteiger partial charge on any atom is 0.238 e. The summed E-state index contributed by atoms with van der Waals surface area (Å²) in [5.74, 6) is 2.36. The fourth-order valence-corrected chi connectivity index (χ4v) is 10.1. The van der Waals surface area contributed by atoms with Crippen LogP contribution >= 0.6 is 0 Å². The highest BCUT2D eigenvalue weighted by Crippen LogP contribution is 2.42. The second kappa shape index (κ2) is 15.5. The zero-order valence-electron chi connectivity index (χ0n) is 36.9. The van der Waals surface area contributed by atoms with Gasteiger partial charge in [0, 0.05) is 54.9 Å². The van der Waals surface area contributed by atoms with Crippen molar-refractivity contribution in [3.8, 4) is 68.2 Å². The molecular weight excluding hydrogens is 847 g/mol. The lowest BCUT2D eigenvalue weighted by Gasteiger charge is -2.11. The second-order valence-electron chi connectivity index (χ2n) is 17.2. The molecule has 0 fully saturated rings. The Kier molecular flexibility index (Phi) is 8.72. The number of para-hydroxylation sites is 3. The maximum absolute atomic E-state index is 6.32. The summed E-state index contributed by atoms with van der Waals surface area (Å²) in [6, 6.07) is 77.4. The highest BCUT2D eigenvalue weighted by molar-refractivity contribution is 6.16. The molecule has 5 aromatic heterocycles. The first kappa shape index (κ1) is 38.7. The fourth-order valence-electron chi connectivity index (χ4n) is 10.1. The number of fused-ring (bicyclic) bond motifs is 9. The van der Waals surface area contributed by atoms with Crippen LogP contribution in [0.15, 0.2) is 229 Å².